The minimum atomic E-state index is -0.191. The number of halogens is 1. The molecule has 1 fully saturated rings. The van der Waals surface area contributed by atoms with Crippen LogP contribution in [-0.2, 0) is 6.54 Å². The fraction of sp³-hybridized carbons (Fsp3) is 0.600. The number of nitrogens with one attached hydrogen (secondary N) is 1. The van der Waals surface area contributed by atoms with Gasteiger partial charge in [0.1, 0.15) is 11.0 Å². The van der Waals surface area contributed by atoms with E-state index in [1.54, 1.807) is 6.20 Å². The Morgan fingerprint density at radius 1 is 1.55 bits per heavy atom. The molecule has 4 nitrogen and oxygen atoms in total. The van der Waals surface area contributed by atoms with E-state index in [2.05, 4.69) is 46.1 Å². The average Bonchev–Trinajstić information content (AvgIpc) is 2.41. The Hall–Kier alpha value is -1.28. The maximum atomic E-state index is 12.0. The van der Waals surface area contributed by atoms with E-state index in [9.17, 15) is 4.79 Å². The van der Waals surface area contributed by atoms with E-state index in [0.29, 0.717) is 15.9 Å². The van der Waals surface area contributed by atoms with Crippen molar-refractivity contribution in [3.05, 3.63) is 21.0 Å². The smallest absolute Gasteiger partial charge is 0.284 e. The zero-order chi connectivity index (χ0) is 14.8. The molecule has 1 heterocycles. The SMILES string of the molecule is C#CCn1ncc(NC2CCC(C)(C)CC2)c(Br)c1=O. The van der Waals surface area contributed by atoms with Gasteiger partial charge >= 0.3 is 0 Å². The summed E-state index contributed by atoms with van der Waals surface area (Å²) in [5, 5.41) is 7.51. The van der Waals surface area contributed by atoms with Gasteiger partial charge in [0.05, 0.1) is 11.9 Å². The highest BCUT2D eigenvalue weighted by atomic mass is 79.9. The van der Waals surface area contributed by atoms with Gasteiger partial charge in [0, 0.05) is 6.04 Å². The highest BCUT2D eigenvalue weighted by Gasteiger charge is 2.27. The molecule has 0 atom stereocenters. The predicted molar refractivity (Wildman–Crippen MR) is 84.7 cm³/mol. The third kappa shape index (κ3) is 3.43. The molecule has 108 valence electrons. The summed E-state index contributed by atoms with van der Waals surface area (Å²) < 4.78 is 1.78. The summed E-state index contributed by atoms with van der Waals surface area (Å²) in [7, 11) is 0. The second-order valence-corrected chi connectivity index (χ2v) is 6.91. The molecule has 0 aromatic carbocycles. The maximum Gasteiger partial charge on any atom is 0.284 e. The molecule has 1 aliphatic carbocycles. The monoisotopic (exact) mass is 337 g/mol. The van der Waals surface area contributed by atoms with Crippen LogP contribution in [0.2, 0.25) is 0 Å². The zero-order valence-electron chi connectivity index (χ0n) is 11.9. The average molecular weight is 338 g/mol. The zero-order valence-corrected chi connectivity index (χ0v) is 13.5. The van der Waals surface area contributed by atoms with Crippen LogP contribution in [0.4, 0.5) is 5.69 Å². The molecule has 0 spiro atoms. The van der Waals surface area contributed by atoms with Gasteiger partial charge in [-0.25, -0.2) is 4.68 Å². The Morgan fingerprint density at radius 2 is 2.20 bits per heavy atom. The van der Waals surface area contributed by atoms with Crippen molar-refractivity contribution in [3.63, 3.8) is 0 Å². The van der Waals surface area contributed by atoms with Crippen LogP contribution >= 0.6 is 15.9 Å². The second kappa shape index (κ2) is 6.01. The minimum Gasteiger partial charge on any atom is -0.380 e. The number of nitrogens with zero attached hydrogens (tertiary/aromatic N) is 2. The summed E-state index contributed by atoms with van der Waals surface area (Å²) in [6.45, 7) is 4.80. The van der Waals surface area contributed by atoms with Gasteiger partial charge in [0.2, 0.25) is 0 Å². The molecule has 1 aromatic heterocycles. The number of terminal acetylenes is 1. The maximum absolute atomic E-state index is 12.0. The van der Waals surface area contributed by atoms with Crippen molar-refractivity contribution in [2.75, 3.05) is 5.32 Å². The summed E-state index contributed by atoms with van der Waals surface area (Å²) in [6, 6.07) is 0.406. The summed E-state index contributed by atoms with van der Waals surface area (Å²) in [4.78, 5) is 12.0. The molecule has 20 heavy (non-hydrogen) atoms. The van der Waals surface area contributed by atoms with Gasteiger partial charge in [-0.3, -0.25) is 4.79 Å². The Morgan fingerprint density at radius 3 is 2.80 bits per heavy atom. The molecule has 0 amide bonds. The Kier molecular flexibility index (Phi) is 4.54. The number of aromatic nitrogens is 2. The fourth-order valence-corrected chi connectivity index (χ4v) is 2.95. The highest BCUT2D eigenvalue weighted by molar-refractivity contribution is 9.10. The van der Waals surface area contributed by atoms with Crippen molar-refractivity contribution in [1.82, 2.24) is 9.78 Å². The van der Waals surface area contributed by atoms with E-state index in [-0.39, 0.29) is 12.1 Å². The van der Waals surface area contributed by atoms with Crippen LogP contribution < -0.4 is 10.9 Å². The van der Waals surface area contributed by atoms with Crippen molar-refractivity contribution in [3.8, 4) is 12.3 Å². The second-order valence-electron chi connectivity index (χ2n) is 6.12. The molecule has 2 rings (SSSR count). The van der Waals surface area contributed by atoms with Crippen LogP contribution in [0.3, 0.4) is 0 Å². The lowest BCUT2D eigenvalue weighted by Crippen LogP contribution is -2.31. The summed E-state index contributed by atoms with van der Waals surface area (Å²) in [5.74, 6) is 2.42. The van der Waals surface area contributed by atoms with Gasteiger partial charge in [0.15, 0.2) is 0 Å². The molecule has 0 unspecified atom stereocenters. The normalized spacial score (nSPS) is 18.5. The molecule has 1 N–H and O–H groups in total. The molecule has 5 heteroatoms. The van der Waals surface area contributed by atoms with Gasteiger partial charge in [-0.15, -0.1) is 6.42 Å². The Labute approximate surface area is 128 Å². The number of rotatable bonds is 3. The van der Waals surface area contributed by atoms with E-state index >= 15 is 0 Å². The standard InChI is InChI=1S/C15H20BrN3O/c1-4-9-19-14(20)13(16)12(10-17-19)18-11-5-7-15(2,3)8-6-11/h1,10-11,18H,5-9H2,2-3H3. The van der Waals surface area contributed by atoms with Crippen LogP contribution in [-0.4, -0.2) is 15.8 Å². The molecule has 0 saturated heterocycles. The largest absolute Gasteiger partial charge is 0.380 e. The molecule has 1 saturated carbocycles. The first-order chi connectivity index (χ1) is 9.43. The molecule has 1 aromatic rings. The summed E-state index contributed by atoms with van der Waals surface area (Å²) >= 11 is 3.35. The van der Waals surface area contributed by atoms with Gasteiger partial charge < -0.3 is 5.32 Å². The van der Waals surface area contributed by atoms with E-state index in [1.807, 2.05) is 0 Å². The minimum absolute atomic E-state index is 0.190. The Bertz CT molecular complexity index is 576. The van der Waals surface area contributed by atoms with Crippen molar-refractivity contribution in [1.29, 1.82) is 0 Å². The van der Waals surface area contributed by atoms with Crippen molar-refractivity contribution in [2.24, 2.45) is 5.41 Å². The molecular weight excluding hydrogens is 318 g/mol. The van der Waals surface area contributed by atoms with Gasteiger partial charge in [0.25, 0.3) is 5.56 Å². The lowest BCUT2D eigenvalue weighted by molar-refractivity contribution is 0.232. The highest BCUT2D eigenvalue weighted by Crippen LogP contribution is 2.36. The van der Waals surface area contributed by atoms with Gasteiger partial charge in [-0.1, -0.05) is 19.8 Å². The van der Waals surface area contributed by atoms with Crippen LogP contribution in [0.5, 0.6) is 0 Å². The topological polar surface area (TPSA) is 46.9 Å². The first-order valence-corrected chi connectivity index (χ1v) is 7.68. The van der Waals surface area contributed by atoms with Crippen molar-refractivity contribution in [2.45, 2.75) is 52.1 Å². The van der Waals surface area contributed by atoms with Crippen molar-refractivity contribution >= 4 is 21.6 Å². The third-order valence-electron chi connectivity index (χ3n) is 3.92. The summed E-state index contributed by atoms with van der Waals surface area (Å²) in [6.07, 6.45) is 11.5. The van der Waals surface area contributed by atoms with Crippen LogP contribution in [0, 0.1) is 17.8 Å². The summed E-state index contributed by atoms with van der Waals surface area (Å²) in [5.41, 5.74) is 1.00. The molecule has 0 radical (unpaired) electrons. The fourth-order valence-electron chi connectivity index (χ4n) is 2.53. The number of hydrogen-bond acceptors (Lipinski definition) is 3. The number of hydrogen-bond donors (Lipinski definition) is 1. The Balaban J connectivity index is 2.10. The molecular formula is C15H20BrN3O. The number of anilines is 1. The predicted octanol–water partition coefficient (Wildman–Crippen LogP) is 3.02. The lowest BCUT2D eigenvalue weighted by atomic mass is 9.75. The van der Waals surface area contributed by atoms with Crippen LogP contribution in [0.15, 0.2) is 15.5 Å². The quantitative estimate of drug-likeness (QED) is 0.862. The molecule has 0 bridgehead atoms. The van der Waals surface area contributed by atoms with E-state index < -0.39 is 0 Å². The van der Waals surface area contributed by atoms with Gasteiger partial charge in [-0.05, 0) is 47.0 Å². The van der Waals surface area contributed by atoms with E-state index in [0.717, 1.165) is 18.5 Å². The van der Waals surface area contributed by atoms with Crippen molar-refractivity contribution < 1.29 is 0 Å². The van der Waals surface area contributed by atoms with Crippen LogP contribution in [0.25, 0.3) is 0 Å². The third-order valence-corrected chi connectivity index (χ3v) is 4.69. The van der Waals surface area contributed by atoms with E-state index in [1.165, 1.54) is 17.5 Å². The molecule has 1 aliphatic rings. The lowest BCUT2D eigenvalue weighted by Gasteiger charge is -2.35. The van der Waals surface area contributed by atoms with E-state index in [4.69, 9.17) is 6.42 Å². The molecule has 0 aliphatic heterocycles. The first-order valence-electron chi connectivity index (χ1n) is 6.88. The van der Waals surface area contributed by atoms with Gasteiger partial charge in [-0.2, -0.15) is 5.10 Å². The first kappa shape index (κ1) is 15.1. The van der Waals surface area contributed by atoms with Crippen LogP contribution in [0.1, 0.15) is 39.5 Å².